The molecule has 0 atom stereocenters. The first kappa shape index (κ1) is 15.7. The van der Waals surface area contributed by atoms with Crippen molar-refractivity contribution in [3.63, 3.8) is 0 Å². The number of hydrogen-bond acceptors (Lipinski definition) is 4. The van der Waals surface area contributed by atoms with Crippen molar-refractivity contribution in [2.24, 2.45) is 0 Å². The third kappa shape index (κ3) is 4.67. The van der Waals surface area contributed by atoms with Gasteiger partial charge in [-0.3, -0.25) is 4.79 Å². The van der Waals surface area contributed by atoms with E-state index in [9.17, 15) is 4.79 Å². The summed E-state index contributed by atoms with van der Waals surface area (Å²) in [4.78, 5) is 16.3. The molecule has 2 rings (SSSR count). The van der Waals surface area contributed by atoms with E-state index < -0.39 is 0 Å². The van der Waals surface area contributed by atoms with E-state index >= 15 is 0 Å². The molecular weight excluding hydrogens is 282 g/mol. The van der Waals surface area contributed by atoms with Crippen LogP contribution in [0, 0.1) is 0 Å². The lowest BCUT2D eigenvalue weighted by atomic mass is 10.1. The standard InChI is InChI=1S/C17H21NO2S/c1-3-15(4-2)20-16-8-6-5-7-13(16)11-14(19)12-17-18-9-10-21-17/h5-10,15H,3-4,11-12H2,1-2H3. The van der Waals surface area contributed by atoms with Gasteiger partial charge < -0.3 is 4.74 Å². The lowest BCUT2D eigenvalue weighted by molar-refractivity contribution is -0.117. The highest BCUT2D eigenvalue weighted by atomic mass is 32.1. The molecule has 0 aliphatic carbocycles. The molecule has 4 heteroatoms. The van der Waals surface area contributed by atoms with Gasteiger partial charge in [0, 0.05) is 23.6 Å². The van der Waals surface area contributed by atoms with E-state index in [0.717, 1.165) is 29.2 Å². The first-order valence-corrected chi connectivity index (χ1v) is 8.25. The van der Waals surface area contributed by atoms with Gasteiger partial charge in [0.05, 0.1) is 17.5 Å². The van der Waals surface area contributed by atoms with Crippen LogP contribution in [0.3, 0.4) is 0 Å². The summed E-state index contributed by atoms with van der Waals surface area (Å²) in [6.07, 6.45) is 4.68. The number of thiazole rings is 1. The number of Topliss-reactive ketones (excluding diaryl/α,β-unsaturated/α-hetero) is 1. The molecule has 1 aromatic carbocycles. The molecule has 0 aliphatic rings. The number of aromatic nitrogens is 1. The first-order valence-electron chi connectivity index (χ1n) is 7.37. The minimum Gasteiger partial charge on any atom is -0.490 e. The molecule has 21 heavy (non-hydrogen) atoms. The van der Waals surface area contributed by atoms with Crippen molar-refractivity contribution < 1.29 is 9.53 Å². The van der Waals surface area contributed by atoms with Crippen molar-refractivity contribution in [3.05, 3.63) is 46.4 Å². The number of carbonyl (C=O) groups is 1. The van der Waals surface area contributed by atoms with E-state index in [1.165, 1.54) is 11.3 Å². The number of hydrogen-bond donors (Lipinski definition) is 0. The van der Waals surface area contributed by atoms with Gasteiger partial charge in [0.15, 0.2) is 0 Å². The molecule has 3 nitrogen and oxygen atoms in total. The molecule has 0 spiro atoms. The van der Waals surface area contributed by atoms with Crippen LogP contribution in [0.15, 0.2) is 35.8 Å². The Morgan fingerprint density at radius 1 is 1.24 bits per heavy atom. The summed E-state index contributed by atoms with van der Waals surface area (Å²) in [5.74, 6) is 1.00. The monoisotopic (exact) mass is 303 g/mol. The van der Waals surface area contributed by atoms with Crippen LogP contribution in [0.1, 0.15) is 37.3 Å². The Balaban J connectivity index is 2.03. The lowest BCUT2D eigenvalue weighted by Gasteiger charge is -2.18. The third-order valence-electron chi connectivity index (χ3n) is 3.40. The third-order valence-corrected chi connectivity index (χ3v) is 4.18. The van der Waals surface area contributed by atoms with Crippen molar-refractivity contribution in [1.29, 1.82) is 0 Å². The largest absolute Gasteiger partial charge is 0.490 e. The van der Waals surface area contributed by atoms with Gasteiger partial charge in [0.1, 0.15) is 11.5 Å². The van der Waals surface area contributed by atoms with Crippen LogP contribution in [0.25, 0.3) is 0 Å². The first-order chi connectivity index (χ1) is 10.2. The molecule has 0 saturated carbocycles. The Bertz CT molecular complexity index is 562. The fourth-order valence-electron chi connectivity index (χ4n) is 2.18. The number of para-hydroxylation sites is 1. The Kier molecular flexibility index (Phi) is 5.93. The van der Waals surface area contributed by atoms with Gasteiger partial charge >= 0.3 is 0 Å². The summed E-state index contributed by atoms with van der Waals surface area (Å²) in [6.45, 7) is 4.23. The zero-order chi connectivity index (χ0) is 15.1. The Hall–Kier alpha value is -1.68. The highest BCUT2D eigenvalue weighted by Gasteiger charge is 2.13. The van der Waals surface area contributed by atoms with Crippen LogP contribution in [0.5, 0.6) is 5.75 Å². The zero-order valence-electron chi connectivity index (χ0n) is 12.5. The maximum absolute atomic E-state index is 12.2. The molecule has 0 saturated heterocycles. The Labute approximate surface area is 130 Å². The summed E-state index contributed by atoms with van der Waals surface area (Å²) in [7, 11) is 0. The van der Waals surface area contributed by atoms with Gasteiger partial charge in [0.25, 0.3) is 0 Å². The van der Waals surface area contributed by atoms with Gasteiger partial charge in [-0.2, -0.15) is 0 Å². The van der Waals surface area contributed by atoms with Crippen LogP contribution in [0.4, 0.5) is 0 Å². The van der Waals surface area contributed by atoms with E-state index in [2.05, 4.69) is 18.8 Å². The summed E-state index contributed by atoms with van der Waals surface area (Å²) < 4.78 is 6.01. The molecular formula is C17H21NO2S. The normalized spacial score (nSPS) is 10.8. The maximum Gasteiger partial charge on any atom is 0.144 e. The van der Waals surface area contributed by atoms with Crippen molar-refractivity contribution in [2.75, 3.05) is 0 Å². The average Bonchev–Trinajstić information content (AvgIpc) is 2.99. The van der Waals surface area contributed by atoms with E-state index in [1.807, 2.05) is 29.6 Å². The minimum atomic E-state index is 0.172. The molecule has 1 aromatic heterocycles. The molecule has 112 valence electrons. The lowest BCUT2D eigenvalue weighted by Crippen LogP contribution is -2.15. The van der Waals surface area contributed by atoms with Gasteiger partial charge in [0.2, 0.25) is 0 Å². The molecule has 0 bridgehead atoms. The smallest absolute Gasteiger partial charge is 0.144 e. The van der Waals surface area contributed by atoms with Crippen LogP contribution in [0.2, 0.25) is 0 Å². The van der Waals surface area contributed by atoms with Gasteiger partial charge in [-0.25, -0.2) is 4.98 Å². The molecule has 0 fully saturated rings. The molecule has 2 aromatic rings. The Morgan fingerprint density at radius 2 is 2.00 bits per heavy atom. The highest BCUT2D eigenvalue weighted by Crippen LogP contribution is 2.22. The average molecular weight is 303 g/mol. The van der Waals surface area contributed by atoms with Gasteiger partial charge in [-0.1, -0.05) is 32.0 Å². The summed E-state index contributed by atoms with van der Waals surface area (Å²) in [5, 5.41) is 2.77. The molecule has 1 heterocycles. The fraction of sp³-hybridized carbons (Fsp3) is 0.412. The Morgan fingerprint density at radius 3 is 2.67 bits per heavy atom. The second-order valence-corrected chi connectivity index (χ2v) is 5.96. The molecule has 0 amide bonds. The van der Waals surface area contributed by atoms with Gasteiger partial charge in [-0.05, 0) is 18.9 Å². The molecule has 0 radical (unpaired) electrons. The zero-order valence-corrected chi connectivity index (χ0v) is 13.4. The van der Waals surface area contributed by atoms with E-state index in [-0.39, 0.29) is 11.9 Å². The predicted octanol–water partition coefficient (Wildman–Crippen LogP) is 4.06. The van der Waals surface area contributed by atoms with Crippen LogP contribution < -0.4 is 4.74 Å². The SMILES string of the molecule is CCC(CC)Oc1ccccc1CC(=O)Cc1nccs1. The molecule has 0 N–H and O–H groups in total. The predicted molar refractivity (Wildman–Crippen MR) is 86.0 cm³/mol. The second kappa shape index (κ2) is 7.93. The number of ether oxygens (including phenoxy) is 1. The number of ketones is 1. The number of benzene rings is 1. The number of carbonyl (C=O) groups excluding carboxylic acids is 1. The molecule has 0 aliphatic heterocycles. The van der Waals surface area contributed by atoms with Gasteiger partial charge in [-0.15, -0.1) is 11.3 Å². The topological polar surface area (TPSA) is 39.2 Å². The van der Waals surface area contributed by atoms with E-state index in [0.29, 0.717) is 12.8 Å². The highest BCUT2D eigenvalue weighted by molar-refractivity contribution is 7.09. The van der Waals surface area contributed by atoms with Crippen LogP contribution in [-0.4, -0.2) is 16.9 Å². The maximum atomic E-state index is 12.2. The summed E-state index contributed by atoms with van der Waals surface area (Å²) in [5.41, 5.74) is 0.964. The minimum absolute atomic E-state index is 0.172. The summed E-state index contributed by atoms with van der Waals surface area (Å²) >= 11 is 1.52. The fourth-order valence-corrected chi connectivity index (χ4v) is 2.83. The quantitative estimate of drug-likeness (QED) is 0.738. The van der Waals surface area contributed by atoms with Crippen molar-refractivity contribution in [2.45, 2.75) is 45.6 Å². The van der Waals surface area contributed by atoms with Crippen molar-refractivity contribution in [1.82, 2.24) is 4.98 Å². The number of rotatable bonds is 8. The van der Waals surface area contributed by atoms with Crippen LogP contribution in [-0.2, 0) is 17.6 Å². The number of nitrogens with zero attached hydrogens (tertiary/aromatic N) is 1. The van der Waals surface area contributed by atoms with E-state index in [1.54, 1.807) is 6.20 Å². The second-order valence-electron chi connectivity index (χ2n) is 4.98. The molecule has 0 unspecified atom stereocenters. The van der Waals surface area contributed by atoms with Crippen molar-refractivity contribution in [3.8, 4) is 5.75 Å². The van der Waals surface area contributed by atoms with E-state index in [4.69, 9.17) is 4.74 Å². The van der Waals surface area contributed by atoms with Crippen molar-refractivity contribution >= 4 is 17.1 Å². The summed E-state index contributed by atoms with van der Waals surface area (Å²) in [6, 6.07) is 7.82. The van der Waals surface area contributed by atoms with Crippen LogP contribution >= 0.6 is 11.3 Å².